The molecule has 86 valence electrons. The number of carbonyl (C=O) groups is 1. The summed E-state index contributed by atoms with van der Waals surface area (Å²) in [5, 5.41) is 8.93. The van der Waals surface area contributed by atoms with Crippen LogP contribution in [0.25, 0.3) is 10.9 Å². The molecular weight excluding hydrogens is 223 g/mol. The maximum atomic E-state index is 13.9. The van der Waals surface area contributed by atoms with Crippen molar-refractivity contribution < 1.29 is 13.9 Å². The van der Waals surface area contributed by atoms with E-state index in [1.807, 2.05) is 6.07 Å². The number of nitrogens with zero attached hydrogens (tertiary/aromatic N) is 1. The highest BCUT2D eigenvalue weighted by Gasteiger charge is 2.18. The van der Waals surface area contributed by atoms with Gasteiger partial charge in [-0.3, -0.25) is 0 Å². The summed E-state index contributed by atoms with van der Waals surface area (Å²) in [4.78, 5) is 14.1. The van der Waals surface area contributed by atoms with E-state index in [4.69, 9.17) is 10.00 Å². The van der Waals surface area contributed by atoms with Gasteiger partial charge in [0.05, 0.1) is 18.2 Å². The fraction of sp³-hybridized carbons (Fsp3) is 0.167. The third-order valence-corrected chi connectivity index (χ3v) is 2.34. The largest absolute Gasteiger partial charge is 0.461 e. The average molecular weight is 232 g/mol. The van der Waals surface area contributed by atoms with Crippen molar-refractivity contribution in [1.29, 1.82) is 5.26 Å². The lowest BCUT2D eigenvalue weighted by atomic mass is 10.1. The molecule has 5 heteroatoms. The van der Waals surface area contributed by atoms with E-state index in [0.29, 0.717) is 11.1 Å². The number of ether oxygens (including phenoxy) is 1. The topological polar surface area (TPSA) is 65.9 Å². The van der Waals surface area contributed by atoms with Crippen molar-refractivity contribution in [1.82, 2.24) is 4.98 Å². The number of halogens is 1. The van der Waals surface area contributed by atoms with Crippen LogP contribution in [0.2, 0.25) is 0 Å². The number of aromatic nitrogens is 1. The quantitative estimate of drug-likeness (QED) is 0.808. The lowest BCUT2D eigenvalue weighted by molar-refractivity contribution is 0.0515. The number of nitrogens with one attached hydrogen (secondary N) is 1. The Morgan fingerprint density at radius 2 is 2.35 bits per heavy atom. The molecule has 2 aromatic rings. The summed E-state index contributed by atoms with van der Waals surface area (Å²) in [5.41, 5.74) is 0.590. The van der Waals surface area contributed by atoms with Crippen LogP contribution in [-0.2, 0) is 4.74 Å². The molecule has 0 fully saturated rings. The zero-order valence-electron chi connectivity index (χ0n) is 9.08. The molecule has 0 atom stereocenters. The zero-order chi connectivity index (χ0) is 12.4. The SMILES string of the molecule is CCOC(=O)c1[nH]c2ccc(C#N)cc2c1F. The zero-order valence-corrected chi connectivity index (χ0v) is 9.08. The third-order valence-electron chi connectivity index (χ3n) is 2.34. The Balaban J connectivity index is 2.57. The molecule has 0 amide bonds. The number of rotatable bonds is 2. The number of esters is 1. The van der Waals surface area contributed by atoms with Crippen LogP contribution in [0, 0.1) is 17.1 Å². The smallest absolute Gasteiger partial charge is 0.357 e. The highest BCUT2D eigenvalue weighted by atomic mass is 19.1. The molecule has 0 unspecified atom stereocenters. The van der Waals surface area contributed by atoms with Crippen molar-refractivity contribution in [3.05, 3.63) is 35.3 Å². The van der Waals surface area contributed by atoms with Gasteiger partial charge in [-0.1, -0.05) is 0 Å². The van der Waals surface area contributed by atoms with Gasteiger partial charge in [-0.05, 0) is 25.1 Å². The second-order valence-electron chi connectivity index (χ2n) is 3.41. The lowest BCUT2D eigenvalue weighted by Crippen LogP contribution is -2.06. The van der Waals surface area contributed by atoms with Crippen LogP contribution < -0.4 is 0 Å². The highest BCUT2D eigenvalue weighted by Crippen LogP contribution is 2.22. The minimum Gasteiger partial charge on any atom is -0.461 e. The molecule has 1 aromatic heterocycles. The van der Waals surface area contributed by atoms with E-state index in [1.54, 1.807) is 19.1 Å². The number of nitriles is 1. The fourth-order valence-corrected chi connectivity index (χ4v) is 1.57. The molecule has 0 saturated carbocycles. The van der Waals surface area contributed by atoms with E-state index >= 15 is 0 Å². The lowest BCUT2D eigenvalue weighted by Gasteiger charge is -1.97. The van der Waals surface area contributed by atoms with Crippen LogP contribution in [-0.4, -0.2) is 17.6 Å². The summed E-state index contributed by atoms with van der Waals surface area (Å²) in [7, 11) is 0. The van der Waals surface area contributed by atoms with Crippen molar-refractivity contribution in [2.45, 2.75) is 6.92 Å². The van der Waals surface area contributed by atoms with Gasteiger partial charge in [-0.15, -0.1) is 0 Å². The average Bonchev–Trinajstić information content (AvgIpc) is 2.67. The molecule has 1 N–H and O–H groups in total. The molecular formula is C12H9FN2O2. The normalized spacial score (nSPS) is 10.2. The van der Waals surface area contributed by atoms with Gasteiger partial charge < -0.3 is 9.72 Å². The van der Waals surface area contributed by atoms with Crippen molar-refractivity contribution in [3.63, 3.8) is 0 Å². The van der Waals surface area contributed by atoms with Gasteiger partial charge in [0.2, 0.25) is 0 Å². The first-order valence-electron chi connectivity index (χ1n) is 5.05. The Labute approximate surface area is 96.6 Å². The minimum absolute atomic E-state index is 0.178. The van der Waals surface area contributed by atoms with E-state index in [1.165, 1.54) is 6.07 Å². The Bertz CT molecular complexity index is 625. The molecule has 1 aromatic carbocycles. The van der Waals surface area contributed by atoms with Crippen LogP contribution >= 0.6 is 0 Å². The van der Waals surface area contributed by atoms with Crippen LogP contribution in [0.5, 0.6) is 0 Å². The molecule has 2 rings (SSSR count). The number of H-pyrrole nitrogens is 1. The molecule has 0 aliphatic carbocycles. The number of benzene rings is 1. The molecule has 0 spiro atoms. The number of fused-ring (bicyclic) bond motifs is 1. The van der Waals surface area contributed by atoms with Gasteiger partial charge in [-0.2, -0.15) is 5.26 Å². The summed E-state index contributed by atoms with van der Waals surface area (Å²) in [6.45, 7) is 1.82. The molecule has 0 bridgehead atoms. The Morgan fingerprint density at radius 1 is 1.59 bits per heavy atom. The predicted molar refractivity (Wildman–Crippen MR) is 58.9 cm³/mol. The van der Waals surface area contributed by atoms with Gasteiger partial charge in [0, 0.05) is 10.9 Å². The first-order chi connectivity index (χ1) is 8.17. The summed E-state index contributed by atoms with van der Waals surface area (Å²) in [6.07, 6.45) is 0. The summed E-state index contributed by atoms with van der Waals surface area (Å²) in [5.74, 6) is -1.42. The van der Waals surface area contributed by atoms with Crippen molar-refractivity contribution in [2.24, 2.45) is 0 Å². The van der Waals surface area contributed by atoms with Crippen molar-refractivity contribution in [2.75, 3.05) is 6.61 Å². The first-order valence-corrected chi connectivity index (χ1v) is 5.05. The minimum atomic E-state index is -0.736. The van der Waals surface area contributed by atoms with E-state index in [2.05, 4.69) is 4.98 Å². The summed E-state index contributed by atoms with van der Waals surface area (Å²) < 4.78 is 18.6. The molecule has 0 radical (unpaired) electrons. The standard InChI is InChI=1S/C12H9FN2O2/c1-2-17-12(16)11-10(13)8-5-7(6-14)3-4-9(8)15-11/h3-5,15H,2H2,1H3. The second kappa shape index (κ2) is 4.26. The molecule has 17 heavy (non-hydrogen) atoms. The Hall–Kier alpha value is -2.35. The number of hydrogen-bond acceptors (Lipinski definition) is 3. The van der Waals surface area contributed by atoms with Crippen molar-refractivity contribution in [3.8, 4) is 6.07 Å². The van der Waals surface area contributed by atoms with Gasteiger partial charge in [-0.25, -0.2) is 9.18 Å². The van der Waals surface area contributed by atoms with E-state index in [9.17, 15) is 9.18 Å². The van der Waals surface area contributed by atoms with Crippen LogP contribution in [0.3, 0.4) is 0 Å². The number of aromatic amines is 1. The third kappa shape index (κ3) is 1.85. The number of hydrogen-bond donors (Lipinski definition) is 1. The van der Waals surface area contributed by atoms with E-state index in [0.717, 1.165) is 0 Å². The molecule has 4 nitrogen and oxygen atoms in total. The molecule has 0 saturated heterocycles. The molecule has 0 aliphatic heterocycles. The highest BCUT2D eigenvalue weighted by molar-refractivity contribution is 5.95. The Kier molecular flexibility index (Phi) is 2.79. The predicted octanol–water partition coefficient (Wildman–Crippen LogP) is 2.36. The Morgan fingerprint density at radius 3 is 3.00 bits per heavy atom. The van der Waals surface area contributed by atoms with Gasteiger partial charge in [0.1, 0.15) is 0 Å². The monoisotopic (exact) mass is 232 g/mol. The van der Waals surface area contributed by atoms with Crippen LogP contribution in [0.1, 0.15) is 23.0 Å². The van der Waals surface area contributed by atoms with Crippen LogP contribution in [0.4, 0.5) is 4.39 Å². The first kappa shape index (κ1) is 11.1. The maximum absolute atomic E-state index is 13.9. The summed E-state index contributed by atoms with van der Waals surface area (Å²) in [6, 6.07) is 6.41. The maximum Gasteiger partial charge on any atom is 0.357 e. The second-order valence-corrected chi connectivity index (χ2v) is 3.41. The molecule has 1 heterocycles. The van der Waals surface area contributed by atoms with Crippen molar-refractivity contribution >= 4 is 16.9 Å². The van der Waals surface area contributed by atoms with Gasteiger partial charge in [0.15, 0.2) is 11.5 Å². The van der Waals surface area contributed by atoms with Crippen LogP contribution in [0.15, 0.2) is 18.2 Å². The molecule has 0 aliphatic rings. The summed E-state index contributed by atoms with van der Waals surface area (Å²) >= 11 is 0. The number of carbonyl (C=O) groups excluding carboxylic acids is 1. The fourth-order valence-electron chi connectivity index (χ4n) is 1.57. The van der Waals surface area contributed by atoms with Gasteiger partial charge >= 0.3 is 5.97 Å². The van der Waals surface area contributed by atoms with E-state index < -0.39 is 11.8 Å². The van der Waals surface area contributed by atoms with Gasteiger partial charge in [0.25, 0.3) is 0 Å². The van der Waals surface area contributed by atoms with E-state index in [-0.39, 0.29) is 17.7 Å².